The fourth-order valence-corrected chi connectivity index (χ4v) is 1.28. The minimum atomic E-state index is 0.0185. The van der Waals surface area contributed by atoms with Crippen LogP contribution in [0.4, 0.5) is 0 Å². The molecule has 1 heterocycles. The number of aromatic amines is 1. The average molecular weight is 214 g/mol. The normalized spacial score (nSPS) is 10.8. The fourth-order valence-electron chi connectivity index (χ4n) is 1.28. The number of nitrogens with one attached hydrogen (secondary N) is 1. The molecule has 2 rings (SSSR count). The van der Waals surface area contributed by atoms with Gasteiger partial charge in [0.1, 0.15) is 0 Å². The summed E-state index contributed by atoms with van der Waals surface area (Å²) in [5.74, 6) is 0.558. The molecule has 0 aliphatic carbocycles. The van der Waals surface area contributed by atoms with Gasteiger partial charge in [-0.1, -0.05) is 24.3 Å². The topological polar surface area (TPSA) is 71.5 Å². The number of rotatable bonds is 3. The molecule has 0 aliphatic heterocycles. The SMILES string of the molecule is CC(=O)/C=C/c1cccc(-c2nn[nH]n2)c1. The van der Waals surface area contributed by atoms with Crippen LogP contribution in [-0.2, 0) is 4.79 Å². The third-order valence-electron chi connectivity index (χ3n) is 2.00. The molecule has 80 valence electrons. The zero-order valence-electron chi connectivity index (χ0n) is 8.71. The number of hydrogen-bond acceptors (Lipinski definition) is 4. The molecule has 1 aromatic heterocycles. The van der Waals surface area contributed by atoms with Crippen LogP contribution in [0.15, 0.2) is 30.3 Å². The first-order chi connectivity index (χ1) is 7.75. The van der Waals surface area contributed by atoms with Crippen LogP contribution in [0.25, 0.3) is 17.5 Å². The largest absolute Gasteiger partial charge is 0.295 e. The number of H-pyrrole nitrogens is 1. The lowest BCUT2D eigenvalue weighted by atomic mass is 10.1. The Morgan fingerprint density at radius 2 is 2.31 bits per heavy atom. The van der Waals surface area contributed by atoms with Gasteiger partial charge in [-0.2, -0.15) is 5.21 Å². The van der Waals surface area contributed by atoms with Crippen molar-refractivity contribution in [1.82, 2.24) is 20.6 Å². The van der Waals surface area contributed by atoms with Crippen LogP contribution in [0.3, 0.4) is 0 Å². The lowest BCUT2D eigenvalue weighted by Gasteiger charge is -1.96. The first kappa shape index (κ1) is 10.2. The number of allylic oxidation sites excluding steroid dienone is 1. The summed E-state index contributed by atoms with van der Waals surface area (Å²) >= 11 is 0. The molecular formula is C11H10N4O. The Bertz CT molecular complexity index is 517. The zero-order valence-corrected chi connectivity index (χ0v) is 8.71. The first-order valence-corrected chi connectivity index (χ1v) is 4.78. The van der Waals surface area contributed by atoms with E-state index in [1.165, 1.54) is 13.0 Å². The molecule has 1 aromatic carbocycles. The van der Waals surface area contributed by atoms with E-state index in [1.807, 2.05) is 24.3 Å². The number of carbonyl (C=O) groups excluding carboxylic acids is 1. The Hall–Kier alpha value is -2.30. The smallest absolute Gasteiger partial charge is 0.204 e. The molecular weight excluding hydrogens is 204 g/mol. The summed E-state index contributed by atoms with van der Waals surface area (Å²) < 4.78 is 0. The van der Waals surface area contributed by atoms with E-state index in [-0.39, 0.29) is 5.78 Å². The summed E-state index contributed by atoms with van der Waals surface area (Å²) in [5, 5.41) is 13.7. The number of ketones is 1. The number of hydrogen-bond donors (Lipinski definition) is 1. The van der Waals surface area contributed by atoms with Crippen molar-refractivity contribution in [3.05, 3.63) is 35.9 Å². The van der Waals surface area contributed by atoms with Crippen molar-refractivity contribution in [2.75, 3.05) is 0 Å². The Morgan fingerprint density at radius 1 is 1.44 bits per heavy atom. The standard InChI is InChI=1S/C11H10N4O/c1-8(16)5-6-9-3-2-4-10(7-9)11-12-14-15-13-11/h2-7H,1H3,(H,12,13,14,15)/b6-5+. The fraction of sp³-hybridized carbons (Fsp3) is 0.0909. The van der Waals surface area contributed by atoms with Gasteiger partial charge in [0.2, 0.25) is 5.82 Å². The molecule has 0 bridgehead atoms. The summed E-state index contributed by atoms with van der Waals surface area (Å²) in [4.78, 5) is 10.8. The number of carbonyl (C=O) groups is 1. The van der Waals surface area contributed by atoms with E-state index in [1.54, 1.807) is 6.08 Å². The van der Waals surface area contributed by atoms with Crippen LogP contribution in [0, 0.1) is 0 Å². The third kappa shape index (κ3) is 2.38. The number of benzene rings is 1. The molecule has 0 fully saturated rings. The Labute approximate surface area is 92.2 Å². The van der Waals surface area contributed by atoms with Crippen molar-refractivity contribution in [3.8, 4) is 11.4 Å². The third-order valence-corrected chi connectivity index (χ3v) is 2.00. The lowest BCUT2D eigenvalue weighted by Crippen LogP contribution is -1.83. The maximum Gasteiger partial charge on any atom is 0.204 e. The van der Waals surface area contributed by atoms with E-state index < -0.39 is 0 Å². The van der Waals surface area contributed by atoms with Gasteiger partial charge in [0.05, 0.1) is 0 Å². The zero-order chi connectivity index (χ0) is 11.4. The van der Waals surface area contributed by atoms with Gasteiger partial charge in [0.25, 0.3) is 0 Å². The van der Waals surface area contributed by atoms with Crippen molar-refractivity contribution in [2.24, 2.45) is 0 Å². The van der Waals surface area contributed by atoms with Gasteiger partial charge in [-0.3, -0.25) is 4.79 Å². The van der Waals surface area contributed by atoms with E-state index >= 15 is 0 Å². The summed E-state index contributed by atoms with van der Waals surface area (Å²) in [6.45, 7) is 1.51. The highest BCUT2D eigenvalue weighted by molar-refractivity contribution is 5.91. The van der Waals surface area contributed by atoms with Gasteiger partial charge in [0.15, 0.2) is 5.78 Å². The molecule has 0 aliphatic rings. The van der Waals surface area contributed by atoms with E-state index in [0.29, 0.717) is 5.82 Å². The predicted octanol–water partition coefficient (Wildman–Crippen LogP) is 1.47. The highest BCUT2D eigenvalue weighted by Gasteiger charge is 2.01. The van der Waals surface area contributed by atoms with Crippen LogP contribution < -0.4 is 0 Å². The van der Waals surface area contributed by atoms with Gasteiger partial charge >= 0.3 is 0 Å². The first-order valence-electron chi connectivity index (χ1n) is 4.78. The molecule has 1 N–H and O–H groups in total. The summed E-state index contributed by atoms with van der Waals surface area (Å²) in [7, 11) is 0. The Balaban J connectivity index is 2.30. The number of aromatic nitrogens is 4. The molecule has 16 heavy (non-hydrogen) atoms. The molecule has 0 saturated carbocycles. The van der Waals surface area contributed by atoms with E-state index in [2.05, 4.69) is 20.6 Å². The Kier molecular flexibility index (Phi) is 2.86. The van der Waals surface area contributed by atoms with E-state index in [9.17, 15) is 4.79 Å². The van der Waals surface area contributed by atoms with Crippen LogP contribution >= 0.6 is 0 Å². The molecule has 0 atom stereocenters. The average Bonchev–Trinajstić information content (AvgIpc) is 2.80. The van der Waals surface area contributed by atoms with E-state index in [4.69, 9.17) is 0 Å². The monoisotopic (exact) mass is 214 g/mol. The molecule has 0 amide bonds. The second-order valence-electron chi connectivity index (χ2n) is 3.30. The molecule has 5 heteroatoms. The van der Waals surface area contributed by atoms with Gasteiger partial charge in [-0.15, -0.1) is 10.2 Å². The quantitative estimate of drug-likeness (QED) is 0.785. The summed E-state index contributed by atoms with van der Waals surface area (Å²) in [5.41, 5.74) is 1.79. The molecule has 2 aromatic rings. The van der Waals surface area contributed by atoms with Crippen LogP contribution in [0.1, 0.15) is 12.5 Å². The van der Waals surface area contributed by atoms with Gasteiger partial charge in [-0.25, -0.2) is 0 Å². The molecule has 5 nitrogen and oxygen atoms in total. The van der Waals surface area contributed by atoms with Crippen molar-refractivity contribution in [3.63, 3.8) is 0 Å². The highest BCUT2D eigenvalue weighted by Crippen LogP contribution is 2.15. The summed E-state index contributed by atoms with van der Waals surface area (Å²) in [6, 6.07) is 7.56. The molecule has 0 unspecified atom stereocenters. The van der Waals surface area contributed by atoms with Gasteiger partial charge < -0.3 is 0 Å². The number of tetrazole rings is 1. The van der Waals surface area contributed by atoms with Crippen LogP contribution in [0.2, 0.25) is 0 Å². The van der Waals surface area contributed by atoms with Crippen LogP contribution in [-0.4, -0.2) is 26.4 Å². The van der Waals surface area contributed by atoms with E-state index in [0.717, 1.165) is 11.1 Å². The predicted molar refractivity (Wildman–Crippen MR) is 59.3 cm³/mol. The van der Waals surface area contributed by atoms with Gasteiger partial charge in [-0.05, 0) is 29.8 Å². The Morgan fingerprint density at radius 3 is 3.00 bits per heavy atom. The van der Waals surface area contributed by atoms with Crippen molar-refractivity contribution >= 4 is 11.9 Å². The molecule has 0 radical (unpaired) electrons. The molecule has 0 spiro atoms. The van der Waals surface area contributed by atoms with Gasteiger partial charge in [0, 0.05) is 5.56 Å². The maximum atomic E-state index is 10.8. The lowest BCUT2D eigenvalue weighted by molar-refractivity contribution is -0.112. The van der Waals surface area contributed by atoms with Crippen molar-refractivity contribution in [1.29, 1.82) is 0 Å². The highest BCUT2D eigenvalue weighted by atomic mass is 16.1. The minimum Gasteiger partial charge on any atom is -0.295 e. The van der Waals surface area contributed by atoms with Crippen LogP contribution in [0.5, 0.6) is 0 Å². The second kappa shape index (κ2) is 4.48. The molecule has 0 saturated heterocycles. The number of nitrogens with zero attached hydrogens (tertiary/aromatic N) is 3. The van der Waals surface area contributed by atoms with Crippen molar-refractivity contribution < 1.29 is 4.79 Å². The minimum absolute atomic E-state index is 0.0185. The summed E-state index contributed by atoms with van der Waals surface area (Å²) in [6.07, 6.45) is 3.28. The van der Waals surface area contributed by atoms with Crippen molar-refractivity contribution in [2.45, 2.75) is 6.92 Å². The maximum absolute atomic E-state index is 10.8. The second-order valence-corrected chi connectivity index (χ2v) is 3.30.